The molecule has 0 aliphatic rings. The molecule has 0 bridgehead atoms. The highest BCUT2D eigenvalue weighted by Crippen LogP contribution is 2.22. The van der Waals surface area contributed by atoms with Gasteiger partial charge in [-0.1, -0.05) is 11.3 Å². The number of nitro groups is 1. The lowest BCUT2D eigenvalue weighted by molar-refractivity contribution is -0.380. The van der Waals surface area contributed by atoms with Crippen molar-refractivity contribution in [2.24, 2.45) is 0 Å². The summed E-state index contributed by atoms with van der Waals surface area (Å²) in [5.41, 5.74) is 0.353. The molecule has 0 fully saturated rings. The summed E-state index contributed by atoms with van der Waals surface area (Å²) in [6.07, 6.45) is -0.453. The molecule has 1 heterocycles. The van der Waals surface area contributed by atoms with E-state index in [0.29, 0.717) is 19.6 Å². The summed E-state index contributed by atoms with van der Waals surface area (Å²) in [6, 6.07) is 1.54. The fraction of sp³-hybridized carbons (Fsp3) is 0.583. The lowest BCUT2D eigenvalue weighted by Crippen LogP contribution is -2.36. The molecular weight excluding hydrogens is 282 g/mol. The highest BCUT2D eigenvalue weighted by Gasteiger charge is 2.15. The van der Waals surface area contributed by atoms with Crippen molar-refractivity contribution in [1.29, 1.82) is 0 Å². The topological polar surface area (TPSA) is 93.5 Å². The maximum Gasteiger partial charge on any atom is 0.407 e. The number of nitrogens with one attached hydrogen (secondary N) is 2. The van der Waals surface area contributed by atoms with Crippen molar-refractivity contribution >= 4 is 22.4 Å². The lowest BCUT2D eigenvalue weighted by atomic mass is 10.2. The summed E-state index contributed by atoms with van der Waals surface area (Å²) < 4.78 is 5.08. The van der Waals surface area contributed by atoms with Crippen molar-refractivity contribution in [1.82, 2.24) is 10.6 Å². The second-order valence-corrected chi connectivity index (χ2v) is 6.05. The Morgan fingerprint density at radius 2 is 2.15 bits per heavy atom. The number of nitrogens with zero attached hydrogens (tertiary/aromatic N) is 1. The third kappa shape index (κ3) is 6.48. The van der Waals surface area contributed by atoms with Crippen LogP contribution >= 0.6 is 11.3 Å². The number of hydrogen-bond donors (Lipinski definition) is 2. The van der Waals surface area contributed by atoms with Crippen LogP contribution < -0.4 is 10.6 Å². The van der Waals surface area contributed by atoms with Gasteiger partial charge in [-0.25, -0.2) is 4.79 Å². The van der Waals surface area contributed by atoms with Crippen molar-refractivity contribution in [3.05, 3.63) is 27.1 Å². The number of amides is 1. The number of ether oxygens (including phenoxy) is 1. The van der Waals surface area contributed by atoms with Crippen molar-refractivity contribution in [2.45, 2.75) is 32.9 Å². The lowest BCUT2D eigenvalue weighted by Gasteiger charge is -2.19. The zero-order valence-corrected chi connectivity index (χ0v) is 12.6. The summed E-state index contributed by atoms with van der Waals surface area (Å²) in [6.45, 7) is 6.92. The highest BCUT2D eigenvalue weighted by atomic mass is 32.1. The van der Waals surface area contributed by atoms with Crippen molar-refractivity contribution in [3.8, 4) is 0 Å². The number of rotatable bonds is 6. The Kier molecular flexibility index (Phi) is 5.90. The molecule has 112 valence electrons. The van der Waals surface area contributed by atoms with Crippen molar-refractivity contribution < 1.29 is 14.5 Å². The van der Waals surface area contributed by atoms with Gasteiger partial charge in [-0.05, 0) is 26.3 Å². The van der Waals surface area contributed by atoms with Gasteiger partial charge in [0.25, 0.3) is 0 Å². The van der Waals surface area contributed by atoms with Gasteiger partial charge in [0.2, 0.25) is 0 Å². The second kappa shape index (κ2) is 7.20. The average molecular weight is 301 g/mol. The molecule has 1 rings (SSSR count). The van der Waals surface area contributed by atoms with Crippen molar-refractivity contribution in [2.75, 3.05) is 13.1 Å². The normalized spacial score (nSPS) is 11.2. The SMILES string of the molecule is CC(C)(C)OC(=O)NCCNCc1csc([N+](=O)[O-])c1. The van der Waals surface area contributed by atoms with E-state index in [4.69, 9.17) is 4.74 Å². The van der Waals surface area contributed by atoms with E-state index in [1.807, 2.05) is 0 Å². The maximum atomic E-state index is 11.3. The summed E-state index contributed by atoms with van der Waals surface area (Å²) in [4.78, 5) is 21.4. The number of hydrogen-bond acceptors (Lipinski definition) is 6. The Morgan fingerprint density at radius 3 is 2.70 bits per heavy atom. The van der Waals surface area contributed by atoms with Crippen LogP contribution in [0.4, 0.5) is 9.80 Å². The van der Waals surface area contributed by atoms with E-state index in [0.717, 1.165) is 16.9 Å². The minimum absolute atomic E-state index is 0.133. The Labute approximate surface area is 121 Å². The van der Waals surface area contributed by atoms with Crippen LogP contribution in [0.5, 0.6) is 0 Å². The number of carbonyl (C=O) groups is 1. The summed E-state index contributed by atoms with van der Waals surface area (Å²) >= 11 is 1.10. The molecule has 0 unspecified atom stereocenters. The van der Waals surface area contributed by atoms with Gasteiger partial charge in [0, 0.05) is 31.1 Å². The summed E-state index contributed by atoms with van der Waals surface area (Å²) in [5, 5.41) is 18.1. The summed E-state index contributed by atoms with van der Waals surface area (Å²) in [5.74, 6) is 0. The predicted molar refractivity (Wildman–Crippen MR) is 76.9 cm³/mol. The number of carbonyl (C=O) groups excluding carboxylic acids is 1. The zero-order valence-electron chi connectivity index (χ0n) is 11.8. The molecule has 0 saturated heterocycles. The molecule has 0 aliphatic heterocycles. The third-order valence-electron chi connectivity index (χ3n) is 2.12. The van der Waals surface area contributed by atoms with E-state index >= 15 is 0 Å². The molecule has 0 aliphatic carbocycles. The summed E-state index contributed by atoms with van der Waals surface area (Å²) in [7, 11) is 0. The van der Waals surface area contributed by atoms with Crippen LogP contribution in [0, 0.1) is 10.1 Å². The molecule has 20 heavy (non-hydrogen) atoms. The van der Waals surface area contributed by atoms with Gasteiger partial charge >= 0.3 is 11.1 Å². The maximum absolute atomic E-state index is 11.3. The fourth-order valence-electron chi connectivity index (χ4n) is 1.35. The van der Waals surface area contributed by atoms with E-state index in [-0.39, 0.29) is 5.00 Å². The molecule has 1 aromatic rings. The fourth-order valence-corrected chi connectivity index (χ4v) is 2.08. The minimum Gasteiger partial charge on any atom is -0.444 e. The number of thiophene rings is 1. The third-order valence-corrected chi connectivity index (χ3v) is 3.05. The Balaban J connectivity index is 2.16. The molecule has 2 N–H and O–H groups in total. The molecule has 1 amide bonds. The average Bonchev–Trinajstić information content (AvgIpc) is 2.75. The molecule has 1 aromatic heterocycles. The zero-order chi connectivity index (χ0) is 15.2. The smallest absolute Gasteiger partial charge is 0.407 e. The Bertz CT molecular complexity index is 468. The molecule has 0 spiro atoms. The Morgan fingerprint density at radius 1 is 1.45 bits per heavy atom. The van der Waals surface area contributed by atoms with E-state index in [9.17, 15) is 14.9 Å². The van der Waals surface area contributed by atoms with Crippen molar-refractivity contribution in [3.63, 3.8) is 0 Å². The van der Waals surface area contributed by atoms with Gasteiger partial charge in [-0.2, -0.15) is 0 Å². The molecule has 8 heteroatoms. The van der Waals surface area contributed by atoms with Crippen LogP contribution in [0.3, 0.4) is 0 Å². The van der Waals surface area contributed by atoms with Crippen LogP contribution in [-0.2, 0) is 11.3 Å². The minimum atomic E-state index is -0.507. The van der Waals surface area contributed by atoms with E-state index in [1.54, 1.807) is 32.2 Å². The van der Waals surface area contributed by atoms with E-state index in [1.165, 1.54) is 0 Å². The van der Waals surface area contributed by atoms with Gasteiger partial charge in [0.15, 0.2) is 0 Å². The molecule has 0 aromatic carbocycles. The second-order valence-electron chi connectivity index (χ2n) is 5.16. The van der Waals surface area contributed by atoms with Crippen LogP contribution in [-0.4, -0.2) is 29.7 Å². The van der Waals surface area contributed by atoms with Gasteiger partial charge < -0.3 is 15.4 Å². The van der Waals surface area contributed by atoms with E-state index in [2.05, 4.69) is 10.6 Å². The van der Waals surface area contributed by atoms with Crippen LogP contribution in [0.2, 0.25) is 0 Å². The van der Waals surface area contributed by atoms with Gasteiger partial charge in [0.1, 0.15) is 5.60 Å². The van der Waals surface area contributed by atoms with Crippen LogP contribution in [0.15, 0.2) is 11.4 Å². The molecule has 0 atom stereocenters. The first-order chi connectivity index (χ1) is 9.28. The van der Waals surface area contributed by atoms with Crippen LogP contribution in [0.1, 0.15) is 26.3 Å². The molecule has 0 saturated carbocycles. The predicted octanol–water partition coefficient (Wildman–Crippen LogP) is 2.27. The quantitative estimate of drug-likeness (QED) is 0.477. The van der Waals surface area contributed by atoms with E-state index < -0.39 is 16.6 Å². The monoisotopic (exact) mass is 301 g/mol. The van der Waals surface area contributed by atoms with Gasteiger partial charge in [0.05, 0.1) is 4.92 Å². The largest absolute Gasteiger partial charge is 0.444 e. The molecule has 7 nitrogen and oxygen atoms in total. The van der Waals surface area contributed by atoms with Crippen LogP contribution in [0.25, 0.3) is 0 Å². The Hall–Kier alpha value is -1.67. The first-order valence-electron chi connectivity index (χ1n) is 6.17. The first kappa shape index (κ1) is 16.4. The molecule has 0 radical (unpaired) electrons. The van der Waals surface area contributed by atoms with Gasteiger partial charge in [-0.15, -0.1) is 0 Å². The van der Waals surface area contributed by atoms with Gasteiger partial charge in [-0.3, -0.25) is 10.1 Å². The standard InChI is InChI=1S/C12H19N3O4S/c1-12(2,3)19-11(16)14-5-4-13-7-9-6-10(15(17)18)20-8-9/h6,8,13H,4-5,7H2,1-3H3,(H,14,16). The highest BCUT2D eigenvalue weighted by molar-refractivity contribution is 7.13. The molecular formula is C12H19N3O4S. The first-order valence-corrected chi connectivity index (χ1v) is 7.05. The number of alkyl carbamates (subject to hydrolysis) is 1.